The van der Waals surface area contributed by atoms with Crippen molar-refractivity contribution in [2.45, 2.75) is 53.0 Å². The summed E-state index contributed by atoms with van der Waals surface area (Å²) in [4.78, 5) is 0. The molecular formula is C12H24ClN3. The van der Waals surface area contributed by atoms with Crippen molar-refractivity contribution < 1.29 is 0 Å². The van der Waals surface area contributed by atoms with Gasteiger partial charge in [-0.3, -0.25) is 4.68 Å². The molecule has 3 nitrogen and oxygen atoms in total. The summed E-state index contributed by atoms with van der Waals surface area (Å²) in [5.74, 6) is 0. The summed E-state index contributed by atoms with van der Waals surface area (Å²) in [6.45, 7) is 8.54. The van der Waals surface area contributed by atoms with Crippen molar-refractivity contribution in [3.05, 3.63) is 11.9 Å². The van der Waals surface area contributed by atoms with Crippen molar-refractivity contribution in [1.29, 1.82) is 0 Å². The Bertz CT molecular complexity index is 284. The standard InChI is InChI=1S/C12H23N3.ClH/c1-4-6-7-8-13-12-10-15(9-5-2)14-11(12)3;/h10,13H,4-9H2,1-3H3;1H. The lowest BCUT2D eigenvalue weighted by molar-refractivity contribution is 0.598. The molecule has 0 aromatic carbocycles. The molecule has 1 rings (SSSR count). The molecule has 16 heavy (non-hydrogen) atoms. The van der Waals surface area contributed by atoms with Crippen LogP contribution in [0.1, 0.15) is 45.2 Å². The minimum absolute atomic E-state index is 0. The Morgan fingerprint density at radius 1 is 1.25 bits per heavy atom. The average molecular weight is 246 g/mol. The predicted molar refractivity (Wildman–Crippen MR) is 72.5 cm³/mol. The van der Waals surface area contributed by atoms with Crippen molar-refractivity contribution in [2.75, 3.05) is 11.9 Å². The number of aromatic nitrogens is 2. The van der Waals surface area contributed by atoms with Crippen LogP contribution in [0.3, 0.4) is 0 Å². The monoisotopic (exact) mass is 245 g/mol. The minimum Gasteiger partial charge on any atom is -0.382 e. The fourth-order valence-electron chi connectivity index (χ4n) is 1.63. The van der Waals surface area contributed by atoms with E-state index in [1.54, 1.807) is 0 Å². The number of hydrogen-bond donors (Lipinski definition) is 1. The van der Waals surface area contributed by atoms with Crippen LogP contribution in [-0.4, -0.2) is 16.3 Å². The summed E-state index contributed by atoms with van der Waals surface area (Å²) in [7, 11) is 0. The fourth-order valence-corrected chi connectivity index (χ4v) is 1.63. The van der Waals surface area contributed by atoms with Crippen molar-refractivity contribution in [1.82, 2.24) is 9.78 Å². The molecule has 0 amide bonds. The van der Waals surface area contributed by atoms with Gasteiger partial charge >= 0.3 is 0 Å². The summed E-state index contributed by atoms with van der Waals surface area (Å²) >= 11 is 0. The van der Waals surface area contributed by atoms with Crippen molar-refractivity contribution in [3.8, 4) is 0 Å². The number of rotatable bonds is 7. The van der Waals surface area contributed by atoms with Gasteiger partial charge in [-0.2, -0.15) is 5.10 Å². The van der Waals surface area contributed by atoms with Gasteiger partial charge in [0.2, 0.25) is 0 Å². The molecule has 0 aliphatic carbocycles. The predicted octanol–water partition coefficient (Wildman–Crippen LogP) is 3.63. The van der Waals surface area contributed by atoms with Gasteiger partial charge in [-0.25, -0.2) is 0 Å². The second-order valence-electron chi connectivity index (χ2n) is 4.03. The Morgan fingerprint density at radius 3 is 2.62 bits per heavy atom. The molecule has 0 spiro atoms. The Kier molecular flexibility index (Phi) is 8.08. The molecule has 0 bridgehead atoms. The first-order valence-corrected chi connectivity index (χ1v) is 6.05. The second-order valence-corrected chi connectivity index (χ2v) is 4.03. The lowest BCUT2D eigenvalue weighted by Crippen LogP contribution is -2.01. The van der Waals surface area contributed by atoms with E-state index in [1.807, 2.05) is 4.68 Å². The lowest BCUT2D eigenvalue weighted by atomic mass is 10.2. The second kappa shape index (κ2) is 8.45. The van der Waals surface area contributed by atoms with Crippen LogP contribution in [0.25, 0.3) is 0 Å². The summed E-state index contributed by atoms with van der Waals surface area (Å²) in [6, 6.07) is 0. The molecule has 4 heteroatoms. The molecule has 0 saturated heterocycles. The van der Waals surface area contributed by atoms with Crippen LogP contribution in [0.5, 0.6) is 0 Å². The number of anilines is 1. The topological polar surface area (TPSA) is 29.9 Å². The number of unbranched alkanes of at least 4 members (excludes halogenated alkanes) is 2. The van der Waals surface area contributed by atoms with E-state index in [9.17, 15) is 0 Å². The lowest BCUT2D eigenvalue weighted by Gasteiger charge is -2.02. The molecule has 94 valence electrons. The third-order valence-electron chi connectivity index (χ3n) is 2.49. The van der Waals surface area contributed by atoms with E-state index < -0.39 is 0 Å². The van der Waals surface area contributed by atoms with E-state index >= 15 is 0 Å². The summed E-state index contributed by atoms with van der Waals surface area (Å²) in [5, 5.41) is 7.90. The van der Waals surface area contributed by atoms with Gasteiger partial charge in [-0.15, -0.1) is 12.4 Å². The third-order valence-corrected chi connectivity index (χ3v) is 2.49. The Hall–Kier alpha value is -0.700. The maximum Gasteiger partial charge on any atom is 0.0825 e. The SMILES string of the molecule is CCCCCNc1cn(CCC)nc1C.Cl. The maximum absolute atomic E-state index is 4.45. The van der Waals surface area contributed by atoms with Crippen molar-refractivity contribution in [2.24, 2.45) is 0 Å². The quantitative estimate of drug-likeness (QED) is 0.744. The molecule has 0 aliphatic rings. The summed E-state index contributed by atoms with van der Waals surface area (Å²) < 4.78 is 2.03. The van der Waals surface area contributed by atoms with Gasteiger partial charge in [0, 0.05) is 19.3 Å². The van der Waals surface area contributed by atoms with E-state index in [2.05, 4.69) is 37.4 Å². The molecule has 0 fully saturated rings. The van der Waals surface area contributed by atoms with Gasteiger partial charge in [0.05, 0.1) is 11.4 Å². The van der Waals surface area contributed by atoms with E-state index in [0.29, 0.717) is 0 Å². The molecule has 0 aliphatic heterocycles. The fraction of sp³-hybridized carbons (Fsp3) is 0.750. The zero-order valence-corrected chi connectivity index (χ0v) is 11.4. The zero-order valence-electron chi connectivity index (χ0n) is 10.6. The van der Waals surface area contributed by atoms with Crippen molar-refractivity contribution in [3.63, 3.8) is 0 Å². The number of aryl methyl sites for hydroxylation is 2. The van der Waals surface area contributed by atoms with Crippen LogP contribution in [0.15, 0.2) is 6.20 Å². The molecule has 1 aromatic rings. The summed E-state index contributed by atoms with van der Waals surface area (Å²) in [6.07, 6.45) is 7.07. The zero-order chi connectivity index (χ0) is 11.1. The highest BCUT2D eigenvalue weighted by molar-refractivity contribution is 5.85. The molecule has 0 saturated carbocycles. The molecule has 1 aromatic heterocycles. The normalized spacial score (nSPS) is 9.94. The van der Waals surface area contributed by atoms with E-state index in [4.69, 9.17) is 0 Å². The molecule has 0 atom stereocenters. The average Bonchev–Trinajstić information content (AvgIpc) is 2.55. The van der Waals surface area contributed by atoms with Crippen LogP contribution >= 0.6 is 12.4 Å². The molecular weight excluding hydrogens is 222 g/mol. The van der Waals surface area contributed by atoms with Crippen LogP contribution in [0, 0.1) is 6.92 Å². The first-order chi connectivity index (χ1) is 7.27. The van der Waals surface area contributed by atoms with Crippen LogP contribution in [0.2, 0.25) is 0 Å². The minimum atomic E-state index is 0. The number of halogens is 1. The highest BCUT2D eigenvalue weighted by Gasteiger charge is 2.02. The van der Waals surface area contributed by atoms with Crippen LogP contribution in [-0.2, 0) is 6.54 Å². The van der Waals surface area contributed by atoms with E-state index in [0.717, 1.165) is 25.2 Å². The van der Waals surface area contributed by atoms with Gasteiger partial charge in [-0.05, 0) is 19.8 Å². The molecule has 0 radical (unpaired) electrons. The van der Waals surface area contributed by atoms with E-state index in [-0.39, 0.29) is 12.4 Å². The first-order valence-electron chi connectivity index (χ1n) is 6.05. The first kappa shape index (κ1) is 15.3. The van der Waals surface area contributed by atoms with Crippen LogP contribution in [0.4, 0.5) is 5.69 Å². The maximum atomic E-state index is 4.45. The molecule has 0 unspecified atom stereocenters. The largest absolute Gasteiger partial charge is 0.382 e. The van der Waals surface area contributed by atoms with E-state index in [1.165, 1.54) is 24.9 Å². The highest BCUT2D eigenvalue weighted by atomic mass is 35.5. The van der Waals surface area contributed by atoms with Crippen LogP contribution < -0.4 is 5.32 Å². The van der Waals surface area contributed by atoms with Crippen molar-refractivity contribution >= 4 is 18.1 Å². The van der Waals surface area contributed by atoms with Gasteiger partial charge < -0.3 is 5.32 Å². The van der Waals surface area contributed by atoms with Gasteiger partial charge in [0.1, 0.15) is 0 Å². The number of hydrogen-bond acceptors (Lipinski definition) is 2. The Labute approximate surface area is 105 Å². The Balaban J connectivity index is 0.00000225. The van der Waals surface area contributed by atoms with Gasteiger partial charge in [0.25, 0.3) is 0 Å². The molecule has 1 N–H and O–H groups in total. The molecule has 1 heterocycles. The highest BCUT2D eigenvalue weighted by Crippen LogP contribution is 2.12. The third kappa shape index (κ3) is 4.88. The Morgan fingerprint density at radius 2 is 2.00 bits per heavy atom. The van der Waals surface area contributed by atoms with Gasteiger partial charge in [-0.1, -0.05) is 26.7 Å². The van der Waals surface area contributed by atoms with Gasteiger partial charge in [0.15, 0.2) is 0 Å². The smallest absolute Gasteiger partial charge is 0.0825 e. The number of nitrogens with zero attached hydrogens (tertiary/aromatic N) is 2. The summed E-state index contributed by atoms with van der Waals surface area (Å²) in [5.41, 5.74) is 2.31. The number of nitrogens with one attached hydrogen (secondary N) is 1.